The number of carbonyl (C=O) groups is 2. The number of aromatic amines is 1. The van der Waals surface area contributed by atoms with Gasteiger partial charge in [-0.05, 0) is 31.2 Å². The number of H-pyrrole nitrogens is 1. The number of rotatable bonds is 5. The lowest BCUT2D eigenvalue weighted by Crippen LogP contribution is -2.16. The molecular weight excluding hydrogens is 356 g/mol. The molecule has 0 bridgehead atoms. The third-order valence-electron chi connectivity index (χ3n) is 3.83. The Morgan fingerprint density at radius 2 is 1.96 bits per heavy atom. The number of ether oxygens (including phenoxy) is 2. The van der Waals surface area contributed by atoms with Crippen molar-refractivity contribution in [1.82, 2.24) is 4.98 Å². The van der Waals surface area contributed by atoms with Crippen molar-refractivity contribution >= 4 is 40.1 Å². The van der Waals surface area contributed by atoms with Crippen molar-refractivity contribution in [1.29, 1.82) is 0 Å². The molecule has 2 N–H and O–H groups in total. The van der Waals surface area contributed by atoms with Gasteiger partial charge in [-0.25, -0.2) is 4.79 Å². The smallest absolute Gasteiger partial charge is 0.356 e. The molecule has 0 unspecified atom stereocenters. The SMILES string of the molecule is CCOC(=O)c1[nH]c2ccccc2c1NC(=O)c1cc(Cl)ccc1OC. The fourth-order valence-corrected chi connectivity index (χ4v) is 2.84. The average Bonchev–Trinajstić information content (AvgIpc) is 3.00. The molecule has 0 atom stereocenters. The second-order valence-corrected chi connectivity index (χ2v) is 5.88. The van der Waals surface area contributed by atoms with Crippen molar-refractivity contribution in [3.05, 3.63) is 58.7 Å². The number of esters is 1. The third kappa shape index (κ3) is 3.36. The van der Waals surface area contributed by atoms with Gasteiger partial charge < -0.3 is 19.8 Å². The molecule has 0 aliphatic rings. The molecule has 3 rings (SSSR count). The molecule has 0 spiro atoms. The van der Waals surface area contributed by atoms with Gasteiger partial charge in [0.25, 0.3) is 5.91 Å². The summed E-state index contributed by atoms with van der Waals surface area (Å²) >= 11 is 6.00. The van der Waals surface area contributed by atoms with Crippen LogP contribution in [0, 0.1) is 0 Å². The molecule has 0 aliphatic carbocycles. The summed E-state index contributed by atoms with van der Waals surface area (Å²) in [5.74, 6) is -0.610. The lowest BCUT2D eigenvalue weighted by molar-refractivity contribution is 0.0522. The van der Waals surface area contributed by atoms with Crippen LogP contribution in [0.3, 0.4) is 0 Å². The maximum atomic E-state index is 12.8. The maximum Gasteiger partial charge on any atom is 0.356 e. The third-order valence-corrected chi connectivity index (χ3v) is 4.07. The van der Waals surface area contributed by atoms with Gasteiger partial charge in [-0.3, -0.25) is 4.79 Å². The summed E-state index contributed by atoms with van der Waals surface area (Å²) in [5, 5.41) is 3.88. The lowest BCUT2D eigenvalue weighted by Gasteiger charge is -2.10. The molecule has 2 aromatic carbocycles. The van der Waals surface area contributed by atoms with Gasteiger partial charge in [0.2, 0.25) is 0 Å². The zero-order chi connectivity index (χ0) is 18.7. The van der Waals surface area contributed by atoms with Gasteiger partial charge in [0.1, 0.15) is 11.4 Å². The van der Waals surface area contributed by atoms with E-state index in [-0.39, 0.29) is 17.9 Å². The van der Waals surface area contributed by atoms with Crippen LogP contribution < -0.4 is 10.1 Å². The number of methoxy groups -OCH3 is 1. The number of anilines is 1. The zero-order valence-electron chi connectivity index (χ0n) is 14.3. The molecule has 3 aromatic rings. The van der Waals surface area contributed by atoms with E-state index in [0.717, 1.165) is 0 Å². The van der Waals surface area contributed by atoms with Gasteiger partial charge in [-0.15, -0.1) is 0 Å². The fourth-order valence-electron chi connectivity index (χ4n) is 2.67. The monoisotopic (exact) mass is 372 g/mol. The van der Waals surface area contributed by atoms with Crippen molar-refractivity contribution in [3.63, 3.8) is 0 Å². The Labute approximate surface area is 155 Å². The van der Waals surface area contributed by atoms with Gasteiger partial charge in [-0.1, -0.05) is 29.8 Å². The Balaban J connectivity index is 2.05. The highest BCUT2D eigenvalue weighted by Crippen LogP contribution is 2.30. The molecule has 1 heterocycles. The molecule has 0 aliphatic heterocycles. The first-order valence-corrected chi connectivity index (χ1v) is 8.35. The van der Waals surface area contributed by atoms with Crippen LogP contribution in [0.1, 0.15) is 27.8 Å². The molecule has 7 heteroatoms. The molecule has 0 radical (unpaired) electrons. The van der Waals surface area contributed by atoms with Crippen LogP contribution in [0.15, 0.2) is 42.5 Å². The first-order valence-electron chi connectivity index (χ1n) is 7.97. The van der Waals surface area contributed by atoms with E-state index in [0.29, 0.717) is 27.4 Å². The number of carbonyl (C=O) groups excluding carboxylic acids is 2. The normalized spacial score (nSPS) is 10.6. The first-order chi connectivity index (χ1) is 12.5. The van der Waals surface area contributed by atoms with Crippen LogP contribution in [-0.4, -0.2) is 30.6 Å². The van der Waals surface area contributed by atoms with Crippen LogP contribution >= 0.6 is 11.6 Å². The van der Waals surface area contributed by atoms with E-state index in [1.807, 2.05) is 18.2 Å². The second-order valence-electron chi connectivity index (χ2n) is 5.44. The summed E-state index contributed by atoms with van der Waals surface area (Å²) in [5.41, 5.74) is 1.51. The summed E-state index contributed by atoms with van der Waals surface area (Å²) < 4.78 is 10.3. The van der Waals surface area contributed by atoms with E-state index in [1.54, 1.807) is 25.1 Å². The predicted octanol–water partition coefficient (Wildman–Crippen LogP) is 4.26. The van der Waals surface area contributed by atoms with Gasteiger partial charge in [0, 0.05) is 15.9 Å². The van der Waals surface area contributed by atoms with E-state index in [1.165, 1.54) is 13.2 Å². The maximum absolute atomic E-state index is 12.8. The molecule has 134 valence electrons. The quantitative estimate of drug-likeness (QED) is 0.656. The van der Waals surface area contributed by atoms with Gasteiger partial charge >= 0.3 is 5.97 Å². The number of fused-ring (bicyclic) bond motifs is 1. The molecule has 1 amide bonds. The predicted molar refractivity (Wildman–Crippen MR) is 100 cm³/mol. The molecular formula is C19H17ClN2O4. The summed E-state index contributed by atoms with van der Waals surface area (Å²) in [7, 11) is 1.47. The summed E-state index contributed by atoms with van der Waals surface area (Å²) in [6.45, 7) is 1.94. The van der Waals surface area contributed by atoms with E-state index < -0.39 is 11.9 Å². The van der Waals surface area contributed by atoms with Crippen molar-refractivity contribution in [2.75, 3.05) is 19.0 Å². The molecule has 6 nitrogen and oxygen atoms in total. The minimum absolute atomic E-state index is 0.183. The van der Waals surface area contributed by atoms with Crippen molar-refractivity contribution < 1.29 is 19.1 Å². The second kappa shape index (κ2) is 7.49. The number of hydrogen-bond donors (Lipinski definition) is 2. The number of benzene rings is 2. The van der Waals surface area contributed by atoms with E-state index in [4.69, 9.17) is 21.1 Å². The fraction of sp³-hybridized carbons (Fsp3) is 0.158. The van der Waals surface area contributed by atoms with Crippen LogP contribution in [0.2, 0.25) is 5.02 Å². The Morgan fingerprint density at radius 1 is 1.19 bits per heavy atom. The molecule has 0 fully saturated rings. The first kappa shape index (κ1) is 17.8. The lowest BCUT2D eigenvalue weighted by atomic mass is 10.1. The van der Waals surface area contributed by atoms with Crippen LogP contribution in [0.4, 0.5) is 5.69 Å². The van der Waals surface area contributed by atoms with Crippen LogP contribution in [0.5, 0.6) is 5.75 Å². The standard InChI is InChI=1S/C19H17ClN2O4/c1-3-26-19(24)17-16(12-6-4-5-7-14(12)21-17)22-18(23)13-10-11(20)8-9-15(13)25-2/h4-10,21H,3H2,1-2H3,(H,22,23). The molecule has 1 aromatic heterocycles. The Kier molecular flexibility index (Phi) is 5.14. The Bertz CT molecular complexity index is 981. The van der Waals surface area contributed by atoms with Gasteiger partial charge in [-0.2, -0.15) is 0 Å². The number of amides is 1. The number of para-hydroxylation sites is 1. The highest BCUT2D eigenvalue weighted by molar-refractivity contribution is 6.31. The van der Waals surface area contributed by atoms with Gasteiger partial charge in [0.15, 0.2) is 0 Å². The van der Waals surface area contributed by atoms with Crippen LogP contribution in [-0.2, 0) is 4.74 Å². The number of aromatic nitrogens is 1. The summed E-state index contributed by atoms with van der Waals surface area (Å²) in [4.78, 5) is 28.1. The Morgan fingerprint density at radius 3 is 2.69 bits per heavy atom. The molecule has 0 saturated carbocycles. The van der Waals surface area contributed by atoms with Crippen molar-refractivity contribution in [3.8, 4) is 5.75 Å². The van der Waals surface area contributed by atoms with Crippen LogP contribution in [0.25, 0.3) is 10.9 Å². The van der Waals surface area contributed by atoms with E-state index in [9.17, 15) is 9.59 Å². The number of nitrogens with one attached hydrogen (secondary N) is 2. The largest absolute Gasteiger partial charge is 0.496 e. The average molecular weight is 373 g/mol. The molecule has 26 heavy (non-hydrogen) atoms. The summed E-state index contributed by atoms with van der Waals surface area (Å²) in [6.07, 6.45) is 0. The highest BCUT2D eigenvalue weighted by atomic mass is 35.5. The van der Waals surface area contributed by atoms with Gasteiger partial charge in [0.05, 0.1) is 25.0 Å². The highest BCUT2D eigenvalue weighted by Gasteiger charge is 2.22. The van der Waals surface area contributed by atoms with E-state index in [2.05, 4.69) is 10.3 Å². The topological polar surface area (TPSA) is 80.4 Å². The minimum Gasteiger partial charge on any atom is -0.496 e. The van der Waals surface area contributed by atoms with Crippen molar-refractivity contribution in [2.45, 2.75) is 6.92 Å². The number of halogens is 1. The zero-order valence-corrected chi connectivity index (χ0v) is 15.0. The number of hydrogen-bond acceptors (Lipinski definition) is 4. The summed E-state index contributed by atoms with van der Waals surface area (Å²) in [6, 6.07) is 12.0. The molecule has 0 saturated heterocycles. The Hall–Kier alpha value is -2.99. The van der Waals surface area contributed by atoms with Crippen molar-refractivity contribution in [2.24, 2.45) is 0 Å². The van der Waals surface area contributed by atoms with E-state index >= 15 is 0 Å². The minimum atomic E-state index is -0.544.